The fourth-order valence-electron chi connectivity index (χ4n) is 2.84. The third-order valence-corrected chi connectivity index (χ3v) is 4.28. The molecule has 1 N–H and O–H groups in total. The fourth-order valence-corrected chi connectivity index (χ4v) is 2.84. The lowest BCUT2D eigenvalue weighted by Gasteiger charge is -2.33. The van der Waals surface area contributed by atoms with Gasteiger partial charge in [0.2, 0.25) is 11.8 Å². The predicted molar refractivity (Wildman–Crippen MR) is 97.3 cm³/mol. The van der Waals surface area contributed by atoms with Crippen molar-refractivity contribution in [2.24, 2.45) is 5.92 Å². The van der Waals surface area contributed by atoms with Gasteiger partial charge in [-0.3, -0.25) is 9.59 Å². The lowest BCUT2D eigenvalue weighted by atomic mass is 10.0. The summed E-state index contributed by atoms with van der Waals surface area (Å²) in [5.41, 5.74) is 1.15. The minimum Gasteiger partial charge on any atom is -0.351 e. The number of likely N-dealkylation sites (tertiary alicyclic amines) is 1. The molecule has 2 amide bonds. The summed E-state index contributed by atoms with van der Waals surface area (Å²) in [6.45, 7) is 5.22. The quantitative estimate of drug-likeness (QED) is 0.871. The molecule has 1 aliphatic heterocycles. The lowest BCUT2D eigenvalue weighted by Crippen LogP contribution is -2.50. The van der Waals surface area contributed by atoms with Crippen molar-refractivity contribution in [2.75, 3.05) is 13.1 Å². The van der Waals surface area contributed by atoms with Gasteiger partial charge in [0.25, 0.3) is 0 Å². The third-order valence-electron chi connectivity index (χ3n) is 4.28. The summed E-state index contributed by atoms with van der Waals surface area (Å²) in [7, 11) is 0. The third kappa shape index (κ3) is 5.84. The molecule has 1 heterocycles. The summed E-state index contributed by atoms with van der Waals surface area (Å²) < 4.78 is 0. The molecule has 0 aromatic heterocycles. The monoisotopic (exact) mass is 328 g/mol. The Bertz CT molecular complexity index is 566. The van der Waals surface area contributed by atoms with E-state index in [0.717, 1.165) is 31.4 Å². The molecule has 0 bridgehead atoms. The molecule has 24 heavy (non-hydrogen) atoms. The molecule has 4 heteroatoms. The minimum absolute atomic E-state index is 0.0146. The number of amides is 2. The molecular weight excluding hydrogens is 300 g/mol. The van der Waals surface area contributed by atoms with Crippen LogP contribution in [0.25, 0.3) is 6.08 Å². The molecular formula is C20H28N2O2. The molecule has 0 unspecified atom stereocenters. The van der Waals surface area contributed by atoms with Gasteiger partial charge in [-0.25, -0.2) is 0 Å². The molecule has 1 atom stereocenters. The van der Waals surface area contributed by atoms with Crippen LogP contribution in [-0.4, -0.2) is 35.8 Å². The van der Waals surface area contributed by atoms with Crippen molar-refractivity contribution in [3.05, 3.63) is 42.0 Å². The molecule has 4 nitrogen and oxygen atoms in total. The number of carbonyl (C=O) groups is 2. The van der Waals surface area contributed by atoms with E-state index in [1.807, 2.05) is 49.1 Å². The van der Waals surface area contributed by atoms with Crippen LogP contribution in [0.3, 0.4) is 0 Å². The maximum atomic E-state index is 12.4. The van der Waals surface area contributed by atoms with E-state index in [0.29, 0.717) is 13.0 Å². The van der Waals surface area contributed by atoms with Crippen LogP contribution in [0.5, 0.6) is 0 Å². The van der Waals surface area contributed by atoms with Crippen molar-refractivity contribution in [1.82, 2.24) is 10.2 Å². The predicted octanol–water partition coefficient (Wildman–Crippen LogP) is 3.24. The Morgan fingerprint density at radius 2 is 2.04 bits per heavy atom. The number of nitrogens with zero attached hydrogens (tertiary/aromatic N) is 1. The first-order valence-corrected chi connectivity index (χ1v) is 8.86. The molecule has 0 saturated carbocycles. The van der Waals surface area contributed by atoms with Crippen LogP contribution in [0.15, 0.2) is 36.4 Å². The van der Waals surface area contributed by atoms with E-state index in [2.05, 4.69) is 17.5 Å². The number of carbonyl (C=O) groups excluding carboxylic acids is 2. The SMILES string of the molecule is CC(C)C(=O)N[C@H]1CCCN(C(=O)CC/C=C\c2ccccc2)C1. The highest BCUT2D eigenvalue weighted by atomic mass is 16.2. The number of hydrogen-bond acceptors (Lipinski definition) is 2. The van der Waals surface area contributed by atoms with Gasteiger partial charge in [0, 0.05) is 31.5 Å². The Kier molecular flexibility index (Phi) is 7.04. The standard InChI is InChI=1S/C20H28N2O2/c1-16(2)20(24)21-18-12-8-14-22(15-18)19(23)13-7-6-11-17-9-4-3-5-10-17/h3-6,9-11,16,18H,7-8,12-15H2,1-2H3,(H,21,24)/b11-6-/t18-/m0/s1. The van der Waals surface area contributed by atoms with Crippen molar-refractivity contribution in [3.63, 3.8) is 0 Å². The van der Waals surface area contributed by atoms with Gasteiger partial charge in [-0.2, -0.15) is 0 Å². The zero-order chi connectivity index (χ0) is 17.4. The zero-order valence-corrected chi connectivity index (χ0v) is 14.7. The average Bonchev–Trinajstić information content (AvgIpc) is 2.59. The summed E-state index contributed by atoms with van der Waals surface area (Å²) in [6.07, 6.45) is 7.27. The van der Waals surface area contributed by atoms with Gasteiger partial charge in [0.05, 0.1) is 0 Å². The first-order chi connectivity index (χ1) is 11.6. The van der Waals surface area contributed by atoms with Gasteiger partial charge in [-0.1, -0.05) is 56.3 Å². The number of allylic oxidation sites excluding steroid dienone is 1. The molecule has 0 radical (unpaired) electrons. The van der Waals surface area contributed by atoms with Gasteiger partial charge in [-0.15, -0.1) is 0 Å². The number of benzene rings is 1. The van der Waals surface area contributed by atoms with Crippen molar-refractivity contribution >= 4 is 17.9 Å². The largest absolute Gasteiger partial charge is 0.351 e. The lowest BCUT2D eigenvalue weighted by molar-refractivity contribution is -0.134. The Morgan fingerprint density at radius 3 is 2.75 bits per heavy atom. The summed E-state index contributed by atoms with van der Waals surface area (Å²) in [6, 6.07) is 10.2. The normalized spacial score (nSPS) is 18.1. The van der Waals surface area contributed by atoms with E-state index >= 15 is 0 Å². The Morgan fingerprint density at radius 1 is 1.29 bits per heavy atom. The molecule has 1 fully saturated rings. The van der Waals surface area contributed by atoms with Crippen molar-refractivity contribution in [1.29, 1.82) is 0 Å². The Balaban J connectivity index is 1.75. The van der Waals surface area contributed by atoms with Crippen LogP contribution in [0.4, 0.5) is 0 Å². The average molecular weight is 328 g/mol. The molecule has 1 aromatic carbocycles. The van der Waals surface area contributed by atoms with E-state index in [1.165, 1.54) is 0 Å². The van der Waals surface area contributed by atoms with Gasteiger partial charge in [0.1, 0.15) is 0 Å². The highest BCUT2D eigenvalue weighted by Crippen LogP contribution is 2.13. The minimum atomic E-state index is -0.0146. The highest BCUT2D eigenvalue weighted by Gasteiger charge is 2.24. The number of hydrogen-bond donors (Lipinski definition) is 1. The Labute approximate surface area is 144 Å². The van der Waals surface area contributed by atoms with Gasteiger partial charge < -0.3 is 10.2 Å². The number of piperidine rings is 1. The first-order valence-electron chi connectivity index (χ1n) is 8.86. The van der Waals surface area contributed by atoms with Gasteiger partial charge in [0.15, 0.2) is 0 Å². The fraction of sp³-hybridized carbons (Fsp3) is 0.500. The van der Waals surface area contributed by atoms with Crippen molar-refractivity contribution < 1.29 is 9.59 Å². The van der Waals surface area contributed by atoms with Crippen LogP contribution in [-0.2, 0) is 9.59 Å². The summed E-state index contributed by atoms with van der Waals surface area (Å²) in [4.78, 5) is 26.1. The van der Waals surface area contributed by atoms with E-state index in [1.54, 1.807) is 0 Å². The Hall–Kier alpha value is -2.10. The molecule has 1 aliphatic rings. The molecule has 0 spiro atoms. The highest BCUT2D eigenvalue weighted by molar-refractivity contribution is 5.79. The topological polar surface area (TPSA) is 49.4 Å². The smallest absolute Gasteiger partial charge is 0.222 e. The number of rotatable bonds is 6. The van der Waals surface area contributed by atoms with Crippen molar-refractivity contribution in [2.45, 2.75) is 45.6 Å². The molecule has 0 aliphatic carbocycles. The van der Waals surface area contributed by atoms with Crippen LogP contribution < -0.4 is 5.32 Å². The summed E-state index contributed by atoms with van der Waals surface area (Å²) in [5.74, 6) is 0.232. The second-order valence-corrected chi connectivity index (χ2v) is 6.69. The second kappa shape index (κ2) is 9.26. The second-order valence-electron chi connectivity index (χ2n) is 6.69. The van der Waals surface area contributed by atoms with Gasteiger partial charge >= 0.3 is 0 Å². The molecule has 1 aromatic rings. The van der Waals surface area contributed by atoms with E-state index in [-0.39, 0.29) is 23.8 Å². The van der Waals surface area contributed by atoms with Crippen LogP contribution >= 0.6 is 0 Å². The summed E-state index contributed by atoms with van der Waals surface area (Å²) >= 11 is 0. The maximum Gasteiger partial charge on any atom is 0.222 e. The molecule has 1 saturated heterocycles. The van der Waals surface area contributed by atoms with Crippen LogP contribution in [0.1, 0.15) is 45.1 Å². The zero-order valence-electron chi connectivity index (χ0n) is 14.7. The molecule has 2 rings (SSSR count). The van der Waals surface area contributed by atoms with E-state index < -0.39 is 0 Å². The first kappa shape index (κ1) is 18.2. The van der Waals surface area contributed by atoms with Crippen molar-refractivity contribution in [3.8, 4) is 0 Å². The van der Waals surface area contributed by atoms with Gasteiger partial charge in [-0.05, 0) is 24.8 Å². The molecule has 130 valence electrons. The van der Waals surface area contributed by atoms with E-state index in [9.17, 15) is 9.59 Å². The van der Waals surface area contributed by atoms with Crippen LogP contribution in [0.2, 0.25) is 0 Å². The van der Waals surface area contributed by atoms with Crippen LogP contribution in [0, 0.1) is 5.92 Å². The summed E-state index contributed by atoms with van der Waals surface area (Å²) in [5, 5.41) is 3.05. The number of nitrogens with one attached hydrogen (secondary N) is 1. The maximum absolute atomic E-state index is 12.4. The van der Waals surface area contributed by atoms with E-state index in [4.69, 9.17) is 0 Å².